The van der Waals surface area contributed by atoms with Gasteiger partial charge >= 0.3 is 6.09 Å². The first-order chi connectivity index (χ1) is 10.5. The van der Waals surface area contributed by atoms with E-state index >= 15 is 0 Å². The van der Waals surface area contributed by atoms with Crippen molar-refractivity contribution in [3.8, 4) is 0 Å². The first kappa shape index (κ1) is 15.3. The molecule has 3 rings (SSSR count). The maximum absolute atomic E-state index is 12.1. The lowest BCUT2D eigenvalue weighted by Gasteiger charge is -2.32. The van der Waals surface area contributed by atoms with Crippen molar-refractivity contribution in [2.45, 2.75) is 38.8 Å². The number of nitrogens with zero attached hydrogens (tertiary/aromatic N) is 2. The minimum atomic E-state index is -0.865. The summed E-state index contributed by atoms with van der Waals surface area (Å²) in [5.41, 5.74) is 3.20. The van der Waals surface area contributed by atoms with Crippen molar-refractivity contribution < 1.29 is 14.7 Å². The molecule has 1 aromatic carbocycles. The molecule has 1 aromatic rings. The highest BCUT2D eigenvalue weighted by molar-refractivity contribution is 9.10. The molecule has 1 atom stereocenters. The van der Waals surface area contributed by atoms with Gasteiger partial charge in [0.05, 0.1) is 12.5 Å². The molecule has 1 saturated heterocycles. The van der Waals surface area contributed by atoms with E-state index in [1.165, 1.54) is 4.90 Å². The van der Waals surface area contributed by atoms with Crippen LogP contribution >= 0.6 is 15.9 Å². The number of rotatable bonds is 2. The Morgan fingerprint density at radius 2 is 2.23 bits per heavy atom. The first-order valence-corrected chi connectivity index (χ1v) is 8.39. The summed E-state index contributed by atoms with van der Waals surface area (Å²) < 4.78 is 0.913. The van der Waals surface area contributed by atoms with E-state index < -0.39 is 6.09 Å². The molecule has 2 amide bonds. The Morgan fingerprint density at radius 3 is 2.91 bits per heavy atom. The Morgan fingerprint density at radius 1 is 1.45 bits per heavy atom. The number of carbonyl (C=O) groups excluding carboxylic acids is 1. The predicted octanol–water partition coefficient (Wildman–Crippen LogP) is 3.17. The van der Waals surface area contributed by atoms with E-state index in [-0.39, 0.29) is 11.9 Å². The summed E-state index contributed by atoms with van der Waals surface area (Å²) in [5, 5.41) is 9.41. The molecule has 0 bridgehead atoms. The number of halogens is 1. The molecular formula is C16H19BrN2O3. The van der Waals surface area contributed by atoms with Gasteiger partial charge in [-0.25, -0.2) is 4.79 Å². The van der Waals surface area contributed by atoms with Gasteiger partial charge in [-0.2, -0.15) is 0 Å². The summed E-state index contributed by atoms with van der Waals surface area (Å²) in [6, 6.07) is 3.91. The van der Waals surface area contributed by atoms with E-state index in [0.717, 1.165) is 34.0 Å². The van der Waals surface area contributed by atoms with Crippen LogP contribution in [-0.2, 0) is 17.8 Å². The van der Waals surface area contributed by atoms with Gasteiger partial charge in [-0.05, 0) is 48.6 Å². The standard InChI is InChI=1S/C16H19BrN2O3/c1-2-18-9-13-10(7-15(18)20)6-11(17)8-12(13)14-4-3-5-19(14)16(21)22/h6,8,14H,2-5,7,9H2,1H3,(H,21,22)/t14-/m0/s1. The van der Waals surface area contributed by atoms with Crippen LogP contribution in [0.4, 0.5) is 4.79 Å². The van der Waals surface area contributed by atoms with Crippen molar-refractivity contribution in [2.75, 3.05) is 13.1 Å². The normalized spacial score (nSPS) is 21.2. The highest BCUT2D eigenvalue weighted by atomic mass is 79.9. The zero-order chi connectivity index (χ0) is 15.9. The molecule has 2 aliphatic rings. The third-order valence-corrected chi connectivity index (χ3v) is 5.08. The van der Waals surface area contributed by atoms with E-state index in [9.17, 15) is 14.7 Å². The Labute approximate surface area is 138 Å². The van der Waals surface area contributed by atoms with Gasteiger partial charge in [-0.1, -0.05) is 15.9 Å². The molecule has 118 valence electrons. The zero-order valence-corrected chi connectivity index (χ0v) is 14.1. The topological polar surface area (TPSA) is 60.9 Å². The minimum absolute atomic E-state index is 0.101. The van der Waals surface area contributed by atoms with Gasteiger partial charge in [-0.3, -0.25) is 4.79 Å². The molecule has 0 aromatic heterocycles. The highest BCUT2D eigenvalue weighted by Crippen LogP contribution is 2.38. The Kier molecular flexibility index (Phi) is 4.12. The van der Waals surface area contributed by atoms with Crippen LogP contribution in [0.15, 0.2) is 16.6 Å². The van der Waals surface area contributed by atoms with E-state index in [4.69, 9.17) is 0 Å². The Balaban J connectivity index is 2.05. The number of likely N-dealkylation sites (tertiary alicyclic amines) is 1. The molecule has 2 heterocycles. The molecule has 0 unspecified atom stereocenters. The third-order valence-electron chi connectivity index (χ3n) is 4.62. The fourth-order valence-corrected chi connectivity index (χ4v) is 4.05. The van der Waals surface area contributed by atoms with Gasteiger partial charge in [0.15, 0.2) is 0 Å². The maximum atomic E-state index is 12.1. The van der Waals surface area contributed by atoms with Gasteiger partial charge in [0.25, 0.3) is 0 Å². The number of hydrogen-bond acceptors (Lipinski definition) is 2. The third kappa shape index (κ3) is 2.60. The molecule has 1 fully saturated rings. The lowest BCUT2D eigenvalue weighted by atomic mass is 9.90. The second kappa shape index (κ2) is 5.91. The summed E-state index contributed by atoms with van der Waals surface area (Å²) in [6.45, 7) is 3.82. The van der Waals surface area contributed by atoms with Crippen molar-refractivity contribution in [3.63, 3.8) is 0 Å². The molecule has 0 radical (unpaired) electrons. The van der Waals surface area contributed by atoms with Gasteiger partial charge in [-0.15, -0.1) is 0 Å². The lowest BCUT2D eigenvalue weighted by Crippen LogP contribution is -2.37. The molecule has 0 spiro atoms. The summed E-state index contributed by atoms with van der Waals surface area (Å²) >= 11 is 3.51. The fourth-order valence-electron chi connectivity index (χ4n) is 3.53. The monoisotopic (exact) mass is 366 g/mol. The number of fused-ring (bicyclic) bond motifs is 1. The second-order valence-corrected chi connectivity index (χ2v) is 6.77. The van der Waals surface area contributed by atoms with E-state index in [0.29, 0.717) is 26.1 Å². The smallest absolute Gasteiger partial charge is 0.407 e. The van der Waals surface area contributed by atoms with Crippen molar-refractivity contribution in [2.24, 2.45) is 0 Å². The quantitative estimate of drug-likeness (QED) is 0.874. The Hall–Kier alpha value is -1.56. The number of likely N-dealkylation sites (N-methyl/N-ethyl adjacent to an activating group) is 1. The van der Waals surface area contributed by atoms with Crippen LogP contribution in [0.3, 0.4) is 0 Å². The average molecular weight is 367 g/mol. The second-order valence-electron chi connectivity index (χ2n) is 5.85. The van der Waals surface area contributed by atoms with E-state index in [1.807, 2.05) is 24.0 Å². The van der Waals surface area contributed by atoms with Gasteiger partial charge in [0.1, 0.15) is 0 Å². The molecule has 22 heavy (non-hydrogen) atoms. The number of amides is 2. The first-order valence-electron chi connectivity index (χ1n) is 7.59. The van der Waals surface area contributed by atoms with Crippen molar-refractivity contribution in [3.05, 3.63) is 33.3 Å². The molecular weight excluding hydrogens is 348 g/mol. The van der Waals surface area contributed by atoms with Crippen LogP contribution in [0.2, 0.25) is 0 Å². The van der Waals surface area contributed by atoms with Crippen molar-refractivity contribution in [1.29, 1.82) is 0 Å². The average Bonchev–Trinajstić information content (AvgIpc) is 2.95. The van der Waals surface area contributed by atoms with Crippen molar-refractivity contribution in [1.82, 2.24) is 9.80 Å². The molecule has 0 aliphatic carbocycles. The van der Waals surface area contributed by atoms with Crippen molar-refractivity contribution >= 4 is 27.9 Å². The summed E-state index contributed by atoms with van der Waals surface area (Å²) in [4.78, 5) is 26.9. The number of carbonyl (C=O) groups is 2. The number of hydrogen-bond donors (Lipinski definition) is 1. The van der Waals surface area contributed by atoms with Crippen LogP contribution in [0.25, 0.3) is 0 Å². The maximum Gasteiger partial charge on any atom is 0.407 e. The number of carboxylic acid groups (broad SMARTS) is 1. The van der Waals surface area contributed by atoms with Gasteiger partial charge in [0.2, 0.25) is 5.91 Å². The molecule has 0 saturated carbocycles. The highest BCUT2D eigenvalue weighted by Gasteiger charge is 2.34. The molecule has 6 heteroatoms. The van der Waals surface area contributed by atoms with E-state index in [2.05, 4.69) is 15.9 Å². The van der Waals surface area contributed by atoms with E-state index in [1.54, 1.807) is 0 Å². The predicted molar refractivity (Wildman–Crippen MR) is 85.6 cm³/mol. The van der Waals surface area contributed by atoms with Crippen LogP contribution in [0.1, 0.15) is 42.5 Å². The molecule has 2 aliphatic heterocycles. The van der Waals surface area contributed by atoms with Crippen LogP contribution < -0.4 is 0 Å². The van der Waals surface area contributed by atoms with Gasteiger partial charge in [0, 0.05) is 24.1 Å². The summed E-state index contributed by atoms with van der Waals surface area (Å²) in [7, 11) is 0. The Bertz CT molecular complexity index is 632. The van der Waals surface area contributed by atoms with Gasteiger partial charge < -0.3 is 14.9 Å². The summed E-state index contributed by atoms with van der Waals surface area (Å²) in [5.74, 6) is 0.139. The molecule has 5 nitrogen and oxygen atoms in total. The molecule has 1 N–H and O–H groups in total. The zero-order valence-electron chi connectivity index (χ0n) is 12.5. The van der Waals surface area contributed by atoms with Crippen LogP contribution in [0.5, 0.6) is 0 Å². The minimum Gasteiger partial charge on any atom is -0.465 e. The van der Waals surface area contributed by atoms with Crippen LogP contribution in [0, 0.1) is 0 Å². The summed E-state index contributed by atoms with van der Waals surface area (Å²) in [6.07, 6.45) is 1.26. The number of benzene rings is 1. The fraction of sp³-hybridized carbons (Fsp3) is 0.500. The lowest BCUT2D eigenvalue weighted by molar-refractivity contribution is -0.131. The van der Waals surface area contributed by atoms with Crippen LogP contribution in [-0.4, -0.2) is 40.0 Å². The SMILES string of the molecule is CCN1Cc2c(cc(Br)cc2[C@@H]2CCCN2C(=O)O)CC1=O. The largest absolute Gasteiger partial charge is 0.465 e.